The van der Waals surface area contributed by atoms with Crippen molar-refractivity contribution < 1.29 is 27.5 Å². The first-order valence-electron chi connectivity index (χ1n) is 11.1. The van der Waals surface area contributed by atoms with Gasteiger partial charge < -0.3 is 20.3 Å². The van der Waals surface area contributed by atoms with Gasteiger partial charge in [0.2, 0.25) is 5.95 Å². The zero-order valence-corrected chi connectivity index (χ0v) is 19.7. The Kier molecular flexibility index (Phi) is 7.86. The highest BCUT2D eigenvalue weighted by atomic mass is 19.2. The molecule has 0 radical (unpaired) electrons. The predicted octanol–water partition coefficient (Wildman–Crippen LogP) is 3.72. The van der Waals surface area contributed by atoms with E-state index in [1.807, 2.05) is 24.3 Å². The van der Waals surface area contributed by atoms with Crippen LogP contribution in [0, 0.1) is 17.5 Å². The Morgan fingerprint density at radius 3 is 2.50 bits per heavy atom. The van der Waals surface area contributed by atoms with Crippen molar-refractivity contribution in [3.05, 3.63) is 71.2 Å². The zero-order valence-electron chi connectivity index (χ0n) is 19.7. The van der Waals surface area contributed by atoms with Gasteiger partial charge in [-0.2, -0.15) is 4.98 Å². The highest BCUT2D eigenvalue weighted by Crippen LogP contribution is 2.24. The summed E-state index contributed by atoms with van der Waals surface area (Å²) in [5, 5.41) is 6.71. The molecule has 1 saturated heterocycles. The molecule has 1 aliphatic rings. The number of hydrogen-bond donors (Lipinski definition) is 2. The maximum atomic E-state index is 14.1. The van der Waals surface area contributed by atoms with Crippen molar-refractivity contribution in [2.45, 2.75) is 6.54 Å². The summed E-state index contributed by atoms with van der Waals surface area (Å²) >= 11 is 0. The zero-order chi connectivity index (χ0) is 25.7. The molecule has 12 heteroatoms. The maximum Gasteiger partial charge on any atom is 0.282 e. The fourth-order valence-electron chi connectivity index (χ4n) is 3.60. The van der Waals surface area contributed by atoms with Gasteiger partial charge in [0, 0.05) is 49.8 Å². The molecule has 2 N–H and O–H groups in total. The van der Waals surface area contributed by atoms with E-state index in [9.17, 15) is 18.0 Å². The van der Waals surface area contributed by atoms with Gasteiger partial charge in [0.15, 0.2) is 11.6 Å². The first-order chi connectivity index (χ1) is 17.4. The molecule has 0 bridgehead atoms. The smallest absolute Gasteiger partial charge is 0.282 e. The van der Waals surface area contributed by atoms with Crippen molar-refractivity contribution in [1.82, 2.24) is 15.0 Å². The number of rotatable bonds is 8. The second-order valence-electron chi connectivity index (χ2n) is 7.89. The molecule has 0 atom stereocenters. The van der Waals surface area contributed by atoms with Gasteiger partial charge in [0.05, 0.1) is 20.3 Å². The first kappa shape index (κ1) is 25.2. The van der Waals surface area contributed by atoms with Crippen LogP contribution in [-0.2, 0) is 16.1 Å². The van der Waals surface area contributed by atoms with E-state index in [1.54, 1.807) is 0 Å². The fourth-order valence-corrected chi connectivity index (χ4v) is 3.60. The molecule has 190 valence electrons. The van der Waals surface area contributed by atoms with Crippen molar-refractivity contribution in [2.24, 2.45) is 0 Å². The van der Waals surface area contributed by atoms with Crippen LogP contribution >= 0.6 is 0 Å². The molecular weight excluding hydrogens is 477 g/mol. The van der Waals surface area contributed by atoms with Crippen LogP contribution in [0.2, 0.25) is 0 Å². The third kappa shape index (κ3) is 5.66. The van der Waals surface area contributed by atoms with E-state index < -0.39 is 35.5 Å². The van der Waals surface area contributed by atoms with Crippen molar-refractivity contribution in [2.75, 3.05) is 56.0 Å². The molecule has 0 spiro atoms. The molecular formula is C24H25F3N6O3. The largest absolute Gasteiger partial charge is 0.378 e. The van der Waals surface area contributed by atoms with Gasteiger partial charge in [0.25, 0.3) is 5.91 Å². The molecule has 0 saturated carbocycles. The summed E-state index contributed by atoms with van der Waals surface area (Å²) in [5.41, 5.74) is 1.20. The van der Waals surface area contributed by atoms with Crippen LogP contribution in [0.1, 0.15) is 15.9 Å². The molecule has 2 heterocycles. The molecule has 1 amide bonds. The Morgan fingerprint density at radius 2 is 1.81 bits per heavy atom. The lowest BCUT2D eigenvalue weighted by atomic mass is 10.2. The number of hydroxylamine groups is 2. The van der Waals surface area contributed by atoms with E-state index in [0.29, 0.717) is 25.0 Å². The predicted molar refractivity (Wildman–Crippen MR) is 128 cm³/mol. The number of amides is 1. The lowest BCUT2D eigenvalue weighted by Crippen LogP contribution is -2.36. The van der Waals surface area contributed by atoms with Crippen LogP contribution in [-0.4, -0.2) is 61.4 Å². The molecule has 4 rings (SSSR count). The molecule has 9 nitrogen and oxygen atoms in total. The van der Waals surface area contributed by atoms with Crippen molar-refractivity contribution in [3.63, 3.8) is 0 Å². The number of nitrogens with zero attached hydrogens (tertiary/aromatic N) is 4. The van der Waals surface area contributed by atoms with Crippen LogP contribution < -0.4 is 15.5 Å². The van der Waals surface area contributed by atoms with Gasteiger partial charge in [-0.05, 0) is 36.4 Å². The number of benzene rings is 2. The summed E-state index contributed by atoms with van der Waals surface area (Å²) in [6, 6.07) is 9.15. The van der Waals surface area contributed by atoms with Crippen LogP contribution in [0.4, 0.5) is 36.3 Å². The van der Waals surface area contributed by atoms with Gasteiger partial charge >= 0.3 is 0 Å². The minimum atomic E-state index is -1.32. The van der Waals surface area contributed by atoms with Crippen LogP contribution in [0.3, 0.4) is 0 Å². The Labute approximate surface area is 205 Å². The Hall–Kier alpha value is -3.90. The molecule has 3 aromatic rings. The maximum absolute atomic E-state index is 14.1. The minimum absolute atomic E-state index is 0.00946. The number of halogens is 3. The summed E-state index contributed by atoms with van der Waals surface area (Å²) in [6.45, 7) is 2.51. The van der Waals surface area contributed by atoms with Gasteiger partial charge in [-0.15, -0.1) is 0 Å². The summed E-state index contributed by atoms with van der Waals surface area (Å²) in [7, 11) is 2.69. The highest BCUT2D eigenvalue weighted by Gasteiger charge is 2.21. The Bertz CT molecular complexity index is 1220. The van der Waals surface area contributed by atoms with Gasteiger partial charge in [0.1, 0.15) is 17.2 Å². The molecule has 0 aliphatic carbocycles. The quantitative estimate of drug-likeness (QED) is 0.356. The van der Waals surface area contributed by atoms with Crippen LogP contribution in [0.15, 0.2) is 42.6 Å². The monoisotopic (exact) mass is 502 g/mol. The summed E-state index contributed by atoms with van der Waals surface area (Å²) in [5.74, 6) is -3.92. The lowest BCUT2D eigenvalue weighted by molar-refractivity contribution is -0.0756. The summed E-state index contributed by atoms with van der Waals surface area (Å²) in [6.07, 6.45) is 1.26. The molecule has 2 aromatic carbocycles. The number of ether oxygens (including phenoxy) is 1. The van der Waals surface area contributed by atoms with Gasteiger partial charge in [-0.1, -0.05) is 0 Å². The highest BCUT2D eigenvalue weighted by molar-refractivity contribution is 5.98. The number of aromatic nitrogens is 2. The Morgan fingerprint density at radius 1 is 1.11 bits per heavy atom. The van der Waals surface area contributed by atoms with E-state index in [0.717, 1.165) is 29.9 Å². The number of morpholine rings is 1. The number of nitrogens with one attached hydrogen (secondary N) is 2. The van der Waals surface area contributed by atoms with Crippen molar-refractivity contribution in [3.8, 4) is 0 Å². The first-order valence-corrected chi connectivity index (χ1v) is 11.1. The molecule has 0 unspecified atom stereocenters. The van der Waals surface area contributed by atoms with E-state index in [4.69, 9.17) is 9.57 Å². The van der Waals surface area contributed by atoms with Crippen molar-refractivity contribution >= 4 is 29.0 Å². The third-order valence-electron chi connectivity index (χ3n) is 5.65. The topological polar surface area (TPSA) is 91.9 Å². The van der Waals surface area contributed by atoms with E-state index in [-0.39, 0.29) is 17.3 Å². The summed E-state index contributed by atoms with van der Waals surface area (Å²) < 4.78 is 47.2. The second kappa shape index (κ2) is 11.2. The van der Waals surface area contributed by atoms with E-state index >= 15 is 0 Å². The van der Waals surface area contributed by atoms with Crippen LogP contribution in [0.5, 0.6) is 0 Å². The lowest BCUT2D eigenvalue weighted by Gasteiger charge is -2.28. The van der Waals surface area contributed by atoms with Crippen LogP contribution in [0.25, 0.3) is 0 Å². The van der Waals surface area contributed by atoms with Gasteiger partial charge in [-0.3, -0.25) is 9.63 Å². The Balaban J connectivity index is 1.57. The molecule has 36 heavy (non-hydrogen) atoms. The number of anilines is 4. The minimum Gasteiger partial charge on any atom is -0.378 e. The van der Waals surface area contributed by atoms with E-state index in [2.05, 4.69) is 25.5 Å². The fraction of sp³-hybridized carbons (Fsp3) is 0.292. The van der Waals surface area contributed by atoms with Gasteiger partial charge in [-0.25, -0.2) is 23.2 Å². The van der Waals surface area contributed by atoms with Crippen molar-refractivity contribution in [1.29, 1.82) is 0 Å². The normalized spacial score (nSPS) is 13.4. The average Bonchev–Trinajstić information content (AvgIpc) is 2.91. The SMILES string of the molecule is CON(C)C(=O)c1cnc(Nc2ccc(N3CCOCC3)cc2)nc1NCc1c(F)ccc(F)c1F. The third-order valence-corrected chi connectivity index (χ3v) is 5.65. The molecule has 1 fully saturated rings. The number of hydrogen-bond acceptors (Lipinski definition) is 8. The summed E-state index contributed by atoms with van der Waals surface area (Å²) in [4.78, 5) is 28.3. The molecule has 1 aliphatic heterocycles. The average molecular weight is 502 g/mol. The standard InChI is InChI=1S/C24H25F3N6O3/c1-32(35-2)23(34)18-14-29-24(30-15-3-5-16(6-4-15)33-9-11-36-12-10-33)31-22(18)28-13-17-19(25)7-8-20(26)21(17)27/h3-8,14H,9-13H2,1-2H3,(H2,28,29,30,31). The second-order valence-corrected chi connectivity index (χ2v) is 7.89. The number of carbonyl (C=O) groups excluding carboxylic acids is 1. The number of carbonyl (C=O) groups is 1. The molecule has 1 aromatic heterocycles. The van der Waals surface area contributed by atoms with E-state index in [1.165, 1.54) is 20.4 Å².